The van der Waals surface area contributed by atoms with Crippen molar-refractivity contribution in [1.29, 1.82) is 0 Å². The molecular formula is C26H29N7O2. The second-order valence-corrected chi connectivity index (χ2v) is 9.10. The predicted molar refractivity (Wildman–Crippen MR) is 132 cm³/mol. The molecule has 2 unspecified atom stereocenters. The first-order chi connectivity index (χ1) is 17.1. The molecule has 180 valence electrons. The van der Waals surface area contributed by atoms with E-state index in [9.17, 15) is 9.59 Å². The zero-order valence-corrected chi connectivity index (χ0v) is 20.0. The van der Waals surface area contributed by atoms with Crippen LogP contribution >= 0.6 is 0 Å². The Bertz CT molecular complexity index is 1390. The molecule has 1 saturated carbocycles. The Morgan fingerprint density at radius 1 is 1.09 bits per heavy atom. The van der Waals surface area contributed by atoms with E-state index in [1.807, 2.05) is 41.1 Å². The van der Waals surface area contributed by atoms with E-state index in [2.05, 4.69) is 39.5 Å². The van der Waals surface area contributed by atoms with Gasteiger partial charge in [0, 0.05) is 36.3 Å². The summed E-state index contributed by atoms with van der Waals surface area (Å²) >= 11 is 0. The van der Waals surface area contributed by atoms with Crippen LogP contribution in [0.5, 0.6) is 0 Å². The largest absolute Gasteiger partial charge is 0.329 e. The molecule has 0 saturated heterocycles. The zero-order valence-electron chi connectivity index (χ0n) is 20.0. The molecule has 0 bridgehead atoms. The van der Waals surface area contributed by atoms with Crippen LogP contribution in [0.15, 0.2) is 53.7 Å². The normalized spacial score (nSPS) is 17.5. The van der Waals surface area contributed by atoms with Gasteiger partial charge in [-0.15, -0.1) is 10.2 Å². The highest BCUT2D eigenvalue weighted by atomic mass is 16.2. The lowest BCUT2D eigenvalue weighted by molar-refractivity contribution is -0.133. The molecule has 1 aromatic carbocycles. The number of aromatic amines is 1. The number of benzene rings is 1. The Hall–Kier alpha value is -3.88. The second-order valence-electron chi connectivity index (χ2n) is 9.10. The number of hydrogen-bond acceptors (Lipinski definition) is 6. The Balaban J connectivity index is 1.58. The number of rotatable bonds is 9. The summed E-state index contributed by atoms with van der Waals surface area (Å²) < 4.78 is 3.49. The minimum atomic E-state index is -0.346. The minimum Gasteiger partial charge on any atom is -0.297 e. The van der Waals surface area contributed by atoms with Crippen molar-refractivity contribution in [3.8, 4) is 22.5 Å². The fourth-order valence-electron chi connectivity index (χ4n) is 4.99. The van der Waals surface area contributed by atoms with Gasteiger partial charge >= 0.3 is 5.69 Å². The third-order valence-electron chi connectivity index (χ3n) is 6.97. The number of carbonyl (C=O) groups excluding carboxylic acids is 1. The number of carbonyl (C=O) groups is 1. The van der Waals surface area contributed by atoms with E-state index in [1.54, 1.807) is 17.0 Å². The predicted octanol–water partition coefficient (Wildman–Crippen LogP) is 3.82. The molecule has 0 amide bonds. The summed E-state index contributed by atoms with van der Waals surface area (Å²) in [6.07, 6.45) is 9.68. The summed E-state index contributed by atoms with van der Waals surface area (Å²) in [6.45, 7) is 4.58. The molecule has 1 aliphatic carbocycles. The van der Waals surface area contributed by atoms with Gasteiger partial charge < -0.3 is 0 Å². The van der Waals surface area contributed by atoms with Gasteiger partial charge in [-0.2, -0.15) is 5.21 Å². The van der Waals surface area contributed by atoms with E-state index in [-0.39, 0.29) is 23.4 Å². The van der Waals surface area contributed by atoms with E-state index < -0.39 is 0 Å². The Morgan fingerprint density at radius 2 is 1.91 bits per heavy atom. The Morgan fingerprint density at radius 3 is 2.63 bits per heavy atom. The van der Waals surface area contributed by atoms with Crippen molar-refractivity contribution in [2.75, 3.05) is 0 Å². The fourth-order valence-corrected chi connectivity index (χ4v) is 4.99. The highest BCUT2D eigenvalue weighted by Crippen LogP contribution is 2.37. The lowest BCUT2D eigenvalue weighted by Crippen LogP contribution is -2.43. The van der Waals surface area contributed by atoms with E-state index in [4.69, 9.17) is 0 Å². The van der Waals surface area contributed by atoms with Crippen molar-refractivity contribution in [1.82, 2.24) is 34.7 Å². The molecule has 2 atom stereocenters. The molecular weight excluding hydrogens is 442 g/mol. The first-order valence-corrected chi connectivity index (χ1v) is 12.2. The van der Waals surface area contributed by atoms with Crippen LogP contribution in [0.3, 0.4) is 0 Å². The molecule has 5 rings (SSSR count). The summed E-state index contributed by atoms with van der Waals surface area (Å²) in [5.74, 6) is 0.879. The van der Waals surface area contributed by atoms with Crippen LogP contribution in [0.1, 0.15) is 56.8 Å². The Labute approximate surface area is 203 Å². The summed E-state index contributed by atoms with van der Waals surface area (Å²) in [7, 11) is 0. The van der Waals surface area contributed by atoms with Crippen LogP contribution in [-0.2, 0) is 17.8 Å². The average Bonchev–Trinajstić information content (AvgIpc) is 3.51. The summed E-state index contributed by atoms with van der Waals surface area (Å²) in [5, 5.41) is 14.5. The Kier molecular flexibility index (Phi) is 6.39. The molecule has 1 fully saturated rings. The average molecular weight is 472 g/mol. The summed E-state index contributed by atoms with van der Waals surface area (Å²) in [4.78, 5) is 30.4. The quantitative estimate of drug-likeness (QED) is 0.397. The smallest absolute Gasteiger partial charge is 0.297 e. The number of ketones is 1. The summed E-state index contributed by atoms with van der Waals surface area (Å²) in [6, 6.07) is 9.46. The maximum Gasteiger partial charge on any atom is 0.329 e. The van der Waals surface area contributed by atoms with Crippen molar-refractivity contribution < 1.29 is 4.79 Å². The van der Waals surface area contributed by atoms with Gasteiger partial charge in [0.2, 0.25) is 5.82 Å². The van der Waals surface area contributed by atoms with Crippen LogP contribution in [0, 0.1) is 5.92 Å². The molecule has 1 N–H and O–H groups in total. The molecule has 35 heavy (non-hydrogen) atoms. The number of aryl methyl sites for hydroxylation is 1. The number of tetrazole rings is 1. The van der Waals surface area contributed by atoms with Gasteiger partial charge in [0.15, 0.2) is 5.78 Å². The molecule has 9 heteroatoms. The highest BCUT2D eigenvalue weighted by Gasteiger charge is 2.41. The molecule has 0 aliphatic heterocycles. The number of nitrogens with zero attached hydrogens (tertiary/aromatic N) is 6. The van der Waals surface area contributed by atoms with Crippen molar-refractivity contribution in [3.63, 3.8) is 0 Å². The third-order valence-corrected chi connectivity index (χ3v) is 6.97. The van der Waals surface area contributed by atoms with Gasteiger partial charge in [0.05, 0.1) is 12.6 Å². The number of H-pyrrole nitrogens is 1. The maximum absolute atomic E-state index is 13.6. The van der Waals surface area contributed by atoms with Crippen LogP contribution in [0.25, 0.3) is 22.5 Å². The molecule has 1 aliphatic rings. The van der Waals surface area contributed by atoms with Crippen molar-refractivity contribution in [3.05, 3.63) is 70.7 Å². The number of nitrogens with one attached hydrogen (secondary N) is 1. The first kappa shape index (κ1) is 22.9. The van der Waals surface area contributed by atoms with Crippen LogP contribution in [-0.4, -0.2) is 40.5 Å². The van der Waals surface area contributed by atoms with Gasteiger partial charge in [-0.25, -0.2) is 4.79 Å². The fraction of sp³-hybridized carbons (Fsp3) is 0.385. The molecule has 4 aromatic rings. The number of hydrogen-bond donors (Lipinski definition) is 1. The van der Waals surface area contributed by atoms with Crippen LogP contribution < -0.4 is 5.69 Å². The first-order valence-electron chi connectivity index (χ1n) is 12.2. The van der Waals surface area contributed by atoms with Gasteiger partial charge in [-0.3, -0.25) is 18.9 Å². The van der Waals surface area contributed by atoms with E-state index >= 15 is 0 Å². The van der Waals surface area contributed by atoms with Gasteiger partial charge in [-0.1, -0.05) is 51.0 Å². The number of unbranched alkanes of at least 4 members (excludes halogenated alkanes) is 1. The molecule has 0 spiro atoms. The number of aromatic nitrogens is 7. The SMILES string of the molecule is CCCCc1cn(C2C(=O)CC2CC)c(=O)n1Cc1cnccc1-c1ccccc1-c1nn[nH]n1. The van der Waals surface area contributed by atoms with E-state index in [0.29, 0.717) is 18.8 Å². The summed E-state index contributed by atoms with van der Waals surface area (Å²) in [5.41, 5.74) is 4.46. The monoisotopic (exact) mass is 471 g/mol. The van der Waals surface area contributed by atoms with Gasteiger partial charge in [-0.05, 0) is 46.7 Å². The molecule has 3 heterocycles. The van der Waals surface area contributed by atoms with Crippen molar-refractivity contribution in [2.45, 2.75) is 58.5 Å². The standard InChI is InChI=1S/C26H29N7O2/c1-3-5-8-19-16-33(24-17(4-2)13-23(24)34)26(35)32(19)15-18-14-27-12-11-20(18)21-9-6-7-10-22(21)25-28-30-31-29-25/h6-7,9-12,14,16-17,24H,3-5,8,13,15H2,1-2H3,(H,28,29,30,31). The second kappa shape index (κ2) is 9.77. The third kappa shape index (κ3) is 4.22. The lowest BCUT2D eigenvalue weighted by Gasteiger charge is -2.34. The highest BCUT2D eigenvalue weighted by molar-refractivity contribution is 5.89. The minimum absolute atomic E-state index is 0.131. The number of pyridine rings is 1. The van der Waals surface area contributed by atoms with Crippen molar-refractivity contribution >= 4 is 5.78 Å². The van der Waals surface area contributed by atoms with Gasteiger partial charge in [0.1, 0.15) is 0 Å². The van der Waals surface area contributed by atoms with E-state index in [0.717, 1.165) is 53.6 Å². The van der Waals surface area contributed by atoms with Gasteiger partial charge in [0.25, 0.3) is 0 Å². The zero-order chi connectivity index (χ0) is 24.4. The van der Waals surface area contributed by atoms with Crippen molar-refractivity contribution in [2.24, 2.45) is 5.92 Å². The molecule has 9 nitrogen and oxygen atoms in total. The van der Waals surface area contributed by atoms with E-state index in [1.165, 1.54) is 0 Å². The number of Topliss-reactive ketones (excluding diaryl/α,β-unsaturated/α-hetero) is 1. The molecule has 0 radical (unpaired) electrons. The number of imidazole rings is 1. The maximum atomic E-state index is 13.6. The topological polar surface area (TPSA) is 111 Å². The lowest BCUT2D eigenvalue weighted by atomic mass is 9.76. The van der Waals surface area contributed by atoms with Crippen LogP contribution in [0.4, 0.5) is 0 Å². The molecule has 3 aromatic heterocycles. The van der Waals surface area contributed by atoms with Crippen LogP contribution in [0.2, 0.25) is 0 Å².